The van der Waals surface area contributed by atoms with Crippen LogP contribution in [0.1, 0.15) is 42.3 Å². The smallest absolute Gasteiger partial charge is 0.281 e. The standard InChI is InChI=1S/C15H21FN2O/c1-10-7-11(15(2,3)4)8-12(16)13(10)14(19)17-9-18(5)6/h7-9H,1-6H3/b17-9+. The van der Waals surface area contributed by atoms with Crippen molar-refractivity contribution in [2.75, 3.05) is 14.1 Å². The van der Waals surface area contributed by atoms with E-state index in [9.17, 15) is 9.18 Å². The largest absolute Gasteiger partial charge is 0.369 e. The van der Waals surface area contributed by atoms with Gasteiger partial charge in [-0.15, -0.1) is 0 Å². The molecule has 1 rings (SSSR count). The lowest BCUT2D eigenvalue weighted by Gasteiger charge is -2.20. The molecule has 3 nitrogen and oxygen atoms in total. The maximum atomic E-state index is 14.1. The number of carbonyl (C=O) groups excluding carboxylic acids is 1. The van der Waals surface area contributed by atoms with Crippen molar-refractivity contribution >= 4 is 12.2 Å². The van der Waals surface area contributed by atoms with Gasteiger partial charge in [0.2, 0.25) is 0 Å². The first kappa shape index (κ1) is 15.3. The molecule has 1 amide bonds. The Labute approximate surface area is 114 Å². The average Bonchev–Trinajstić information content (AvgIpc) is 2.24. The van der Waals surface area contributed by atoms with Gasteiger partial charge in [-0.2, -0.15) is 4.99 Å². The van der Waals surface area contributed by atoms with Crippen LogP contribution in [0.3, 0.4) is 0 Å². The summed E-state index contributed by atoms with van der Waals surface area (Å²) >= 11 is 0. The minimum atomic E-state index is -0.552. The summed E-state index contributed by atoms with van der Waals surface area (Å²) in [6.07, 6.45) is 1.37. The molecular weight excluding hydrogens is 243 g/mol. The summed E-state index contributed by atoms with van der Waals surface area (Å²) in [5.41, 5.74) is 1.38. The molecule has 0 aliphatic heterocycles. The van der Waals surface area contributed by atoms with Gasteiger partial charge in [-0.05, 0) is 29.5 Å². The van der Waals surface area contributed by atoms with Gasteiger partial charge < -0.3 is 4.90 Å². The van der Waals surface area contributed by atoms with Crippen LogP contribution < -0.4 is 0 Å². The predicted molar refractivity (Wildman–Crippen MR) is 76.3 cm³/mol. The van der Waals surface area contributed by atoms with Crippen LogP contribution in [0.4, 0.5) is 4.39 Å². The van der Waals surface area contributed by atoms with Crippen LogP contribution in [0.15, 0.2) is 17.1 Å². The normalized spacial score (nSPS) is 11.9. The van der Waals surface area contributed by atoms with Crippen LogP contribution >= 0.6 is 0 Å². The molecule has 0 aliphatic rings. The highest BCUT2D eigenvalue weighted by Crippen LogP contribution is 2.26. The van der Waals surface area contributed by atoms with Crippen molar-refractivity contribution in [3.8, 4) is 0 Å². The number of hydrogen-bond acceptors (Lipinski definition) is 1. The molecule has 0 atom stereocenters. The zero-order valence-electron chi connectivity index (χ0n) is 12.4. The van der Waals surface area contributed by atoms with Crippen molar-refractivity contribution in [3.05, 3.63) is 34.6 Å². The third kappa shape index (κ3) is 3.88. The molecule has 1 aromatic rings. The van der Waals surface area contributed by atoms with Crippen LogP contribution in [0.5, 0.6) is 0 Å². The molecular formula is C15H21FN2O. The summed E-state index contributed by atoms with van der Waals surface area (Å²) in [6, 6.07) is 3.27. The number of aryl methyl sites for hydroxylation is 1. The van der Waals surface area contributed by atoms with Gasteiger partial charge >= 0.3 is 0 Å². The van der Waals surface area contributed by atoms with Gasteiger partial charge in [0.1, 0.15) is 5.82 Å². The van der Waals surface area contributed by atoms with Gasteiger partial charge in [0, 0.05) is 14.1 Å². The Morgan fingerprint density at radius 3 is 2.32 bits per heavy atom. The van der Waals surface area contributed by atoms with E-state index in [1.54, 1.807) is 25.9 Å². The molecule has 0 radical (unpaired) electrons. The van der Waals surface area contributed by atoms with Crippen LogP contribution in [0.2, 0.25) is 0 Å². The molecule has 104 valence electrons. The first-order valence-electron chi connectivity index (χ1n) is 6.18. The maximum Gasteiger partial charge on any atom is 0.281 e. The second-order valence-electron chi connectivity index (χ2n) is 5.91. The van der Waals surface area contributed by atoms with Gasteiger partial charge in [0.25, 0.3) is 5.91 Å². The minimum Gasteiger partial charge on any atom is -0.369 e. The molecule has 0 aliphatic carbocycles. The van der Waals surface area contributed by atoms with Crippen LogP contribution in [0, 0.1) is 12.7 Å². The number of aliphatic imine (C=N–C) groups is 1. The predicted octanol–water partition coefficient (Wildman–Crippen LogP) is 3.16. The summed E-state index contributed by atoms with van der Waals surface area (Å²) < 4.78 is 14.1. The van der Waals surface area contributed by atoms with E-state index >= 15 is 0 Å². The first-order valence-corrected chi connectivity index (χ1v) is 6.18. The molecule has 0 heterocycles. The van der Waals surface area contributed by atoms with E-state index in [0.29, 0.717) is 5.56 Å². The van der Waals surface area contributed by atoms with Crippen LogP contribution in [-0.4, -0.2) is 31.2 Å². The zero-order chi connectivity index (χ0) is 14.8. The highest BCUT2D eigenvalue weighted by Gasteiger charge is 2.20. The van der Waals surface area contributed by atoms with Gasteiger partial charge in [0.05, 0.1) is 11.9 Å². The summed E-state index contributed by atoms with van der Waals surface area (Å²) in [4.78, 5) is 17.3. The van der Waals surface area contributed by atoms with E-state index in [0.717, 1.165) is 5.56 Å². The van der Waals surface area contributed by atoms with E-state index in [1.807, 2.05) is 26.8 Å². The summed E-state index contributed by atoms with van der Waals surface area (Å²) in [5, 5.41) is 0. The van der Waals surface area contributed by atoms with Crippen LogP contribution in [-0.2, 0) is 5.41 Å². The third-order valence-electron chi connectivity index (χ3n) is 2.77. The van der Waals surface area contributed by atoms with E-state index in [2.05, 4.69) is 4.99 Å². The Bertz CT molecular complexity index is 490. The van der Waals surface area contributed by atoms with E-state index in [4.69, 9.17) is 0 Å². The van der Waals surface area contributed by atoms with Gasteiger partial charge in [-0.3, -0.25) is 4.79 Å². The van der Waals surface area contributed by atoms with Crippen molar-refractivity contribution in [2.24, 2.45) is 4.99 Å². The van der Waals surface area contributed by atoms with Crippen molar-refractivity contribution in [1.29, 1.82) is 0 Å². The Morgan fingerprint density at radius 2 is 1.89 bits per heavy atom. The second-order valence-corrected chi connectivity index (χ2v) is 5.91. The van der Waals surface area contributed by atoms with Crippen molar-refractivity contribution in [1.82, 2.24) is 4.90 Å². The average molecular weight is 264 g/mol. The van der Waals surface area contributed by atoms with E-state index in [1.165, 1.54) is 12.4 Å². The lowest BCUT2D eigenvalue weighted by atomic mass is 9.85. The number of amides is 1. The highest BCUT2D eigenvalue weighted by atomic mass is 19.1. The summed E-state index contributed by atoms with van der Waals surface area (Å²) in [5.74, 6) is -1.06. The van der Waals surface area contributed by atoms with Crippen LogP contribution in [0.25, 0.3) is 0 Å². The number of benzene rings is 1. The van der Waals surface area contributed by atoms with E-state index < -0.39 is 11.7 Å². The molecule has 19 heavy (non-hydrogen) atoms. The molecule has 0 saturated carbocycles. The fourth-order valence-electron chi connectivity index (χ4n) is 1.68. The Morgan fingerprint density at radius 1 is 1.32 bits per heavy atom. The molecule has 0 unspecified atom stereocenters. The Balaban J connectivity index is 3.21. The number of rotatable bonds is 2. The fourth-order valence-corrected chi connectivity index (χ4v) is 1.68. The number of carbonyl (C=O) groups is 1. The van der Waals surface area contributed by atoms with Crippen molar-refractivity contribution in [2.45, 2.75) is 33.1 Å². The molecule has 0 aromatic heterocycles. The summed E-state index contributed by atoms with van der Waals surface area (Å²) in [7, 11) is 3.51. The third-order valence-corrected chi connectivity index (χ3v) is 2.77. The maximum absolute atomic E-state index is 14.1. The number of hydrogen-bond donors (Lipinski definition) is 0. The molecule has 0 N–H and O–H groups in total. The molecule has 4 heteroatoms. The number of halogens is 1. The molecule has 0 fully saturated rings. The molecule has 0 bridgehead atoms. The van der Waals surface area contributed by atoms with Gasteiger partial charge in [-0.1, -0.05) is 26.8 Å². The Kier molecular flexibility index (Phi) is 4.45. The lowest BCUT2D eigenvalue weighted by molar-refractivity contribution is 0.0998. The van der Waals surface area contributed by atoms with Gasteiger partial charge in [0.15, 0.2) is 0 Å². The van der Waals surface area contributed by atoms with Crippen molar-refractivity contribution < 1.29 is 9.18 Å². The first-order chi connectivity index (χ1) is 8.62. The monoisotopic (exact) mass is 264 g/mol. The highest BCUT2D eigenvalue weighted by molar-refractivity contribution is 6.00. The molecule has 1 aromatic carbocycles. The molecule has 0 spiro atoms. The minimum absolute atomic E-state index is 0.0473. The quantitative estimate of drug-likeness (QED) is 0.607. The topological polar surface area (TPSA) is 32.7 Å². The second kappa shape index (κ2) is 5.51. The number of nitrogens with zero attached hydrogens (tertiary/aromatic N) is 2. The lowest BCUT2D eigenvalue weighted by Crippen LogP contribution is -2.15. The van der Waals surface area contributed by atoms with E-state index in [-0.39, 0.29) is 11.0 Å². The summed E-state index contributed by atoms with van der Waals surface area (Å²) in [6.45, 7) is 7.75. The molecule has 0 saturated heterocycles. The zero-order valence-corrected chi connectivity index (χ0v) is 12.4. The van der Waals surface area contributed by atoms with Crippen molar-refractivity contribution in [3.63, 3.8) is 0 Å². The SMILES string of the molecule is Cc1cc(C(C)(C)C)cc(F)c1C(=O)/N=C/N(C)C. The fraction of sp³-hybridized carbons (Fsp3) is 0.467. The van der Waals surface area contributed by atoms with Gasteiger partial charge in [-0.25, -0.2) is 4.39 Å². The Hall–Kier alpha value is -1.71.